The van der Waals surface area contributed by atoms with Gasteiger partial charge in [-0.1, -0.05) is 6.42 Å². The van der Waals surface area contributed by atoms with Crippen LogP contribution in [0.2, 0.25) is 0 Å². The average Bonchev–Trinajstić information content (AvgIpc) is 2.32. The van der Waals surface area contributed by atoms with E-state index in [4.69, 9.17) is 5.11 Å². The topological polar surface area (TPSA) is 75.1 Å². The molecule has 2 atom stereocenters. The Morgan fingerprint density at radius 1 is 1.41 bits per heavy atom. The first kappa shape index (κ1) is 11.8. The first-order valence-electron chi connectivity index (χ1n) is 5.93. The van der Waals surface area contributed by atoms with E-state index in [1.807, 2.05) is 6.92 Å². The third kappa shape index (κ3) is 3.15. The van der Waals surface area contributed by atoms with Gasteiger partial charge in [0.05, 0.1) is 5.92 Å². The fraction of sp³-hybridized carbons (Fsp3) is 0.583. The minimum atomic E-state index is -0.693. The zero-order valence-electron chi connectivity index (χ0n) is 9.89. The lowest BCUT2D eigenvalue weighted by molar-refractivity contribution is -0.142. The Bertz CT molecular complexity index is 391. The molecule has 2 unspecified atom stereocenters. The summed E-state index contributed by atoms with van der Waals surface area (Å²) in [6.45, 7) is 1.94. The number of carboxylic acids is 1. The van der Waals surface area contributed by atoms with Gasteiger partial charge in [-0.15, -0.1) is 0 Å². The van der Waals surface area contributed by atoms with Crippen LogP contribution in [0.5, 0.6) is 0 Å². The molecule has 2 rings (SSSR count). The molecule has 1 aromatic rings. The highest BCUT2D eigenvalue weighted by atomic mass is 16.4. The van der Waals surface area contributed by atoms with Crippen LogP contribution >= 0.6 is 0 Å². The number of aromatic nitrogens is 2. The van der Waals surface area contributed by atoms with Crippen molar-refractivity contribution in [2.24, 2.45) is 5.92 Å². The van der Waals surface area contributed by atoms with Gasteiger partial charge in [0.25, 0.3) is 0 Å². The Kier molecular flexibility index (Phi) is 3.56. The summed E-state index contributed by atoms with van der Waals surface area (Å²) in [6, 6.07) is 0.174. The van der Waals surface area contributed by atoms with Gasteiger partial charge in [-0.05, 0) is 31.7 Å². The molecule has 92 valence electrons. The van der Waals surface area contributed by atoms with E-state index >= 15 is 0 Å². The van der Waals surface area contributed by atoms with Crippen LogP contribution in [-0.4, -0.2) is 27.1 Å². The molecule has 5 nitrogen and oxygen atoms in total. The van der Waals surface area contributed by atoms with Crippen molar-refractivity contribution >= 4 is 11.9 Å². The van der Waals surface area contributed by atoms with Crippen LogP contribution in [0.25, 0.3) is 0 Å². The summed E-state index contributed by atoms with van der Waals surface area (Å²) < 4.78 is 0. The van der Waals surface area contributed by atoms with Gasteiger partial charge in [-0.2, -0.15) is 0 Å². The Morgan fingerprint density at radius 3 is 2.76 bits per heavy atom. The van der Waals surface area contributed by atoms with Crippen molar-refractivity contribution in [1.29, 1.82) is 0 Å². The number of nitrogens with zero attached hydrogens (tertiary/aromatic N) is 2. The smallest absolute Gasteiger partial charge is 0.306 e. The van der Waals surface area contributed by atoms with Crippen molar-refractivity contribution < 1.29 is 9.90 Å². The predicted molar refractivity (Wildman–Crippen MR) is 63.8 cm³/mol. The summed E-state index contributed by atoms with van der Waals surface area (Å²) >= 11 is 0. The van der Waals surface area contributed by atoms with Crippen LogP contribution in [0.4, 0.5) is 5.95 Å². The minimum absolute atomic E-state index is 0.174. The molecule has 1 aromatic heterocycles. The zero-order valence-corrected chi connectivity index (χ0v) is 9.89. The maximum Gasteiger partial charge on any atom is 0.306 e. The summed E-state index contributed by atoms with van der Waals surface area (Å²) in [5.74, 6) is -0.334. The van der Waals surface area contributed by atoms with Crippen LogP contribution in [0.15, 0.2) is 12.4 Å². The molecule has 0 spiro atoms. The van der Waals surface area contributed by atoms with Crippen molar-refractivity contribution in [2.45, 2.75) is 38.6 Å². The molecule has 0 bridgehead atoms. The Morgan fingerprint density at radius 2 is 2.12 bits per heavy atom. The number of hydrogen-bond donors (Lipinski definition) is 2. The molecule has 1 aliphatic rings. The second-order valence-corrected chi connectivity index (χ2v) is 4.63. The van der Waals surface area contributed by atoms with Crippen LogP contribution in [0, 0.1) is 12.8 Å². The molecule has 0 aromatic carbocycles. The molecular formula is C12H17N3O2. The number of rotatable bonds is 3. The largest absolute Gasteiger partial charge is 0.481 e. The van der Waals surface area contributed by atoms with E-state index < -0.39 is 5.97 Å². The van der Waals surface area contributed by atoms with Crippen LogP contribution in [0.1, 0.15) is 31.2 Å². The highest BCUT2D eigenvalue weighted by Crippen LogP contribution is 2.26. The highest BCUT2D eigenvalue weighted by Gasteiger charge is 2.27. The number of hydrogen-bond acceptors (Lipinski definition) is 4. The minimum Gasteiger partial charge on any atom is -0.481 e. The van der Waals surface area contributed by atoms with Gasteiger partial charge < -0.3 is 10.4 Å². The number of carboxylic acid groups (broad SMARTS) is 1. The van der Waals surface area contributed by atoms with Crippen LogP contribution < -0.4 is 5.32 Å². The van der Waals surface area contributed by atoms with Crippen molar-refractivity contribution in [3.05, 3.63) is 18.0 Å². The Balaban J connectivity index is 1.94. The lowest BCUT2D eigenvalue weighted by atomic mass is 9.86. The molecule has 1 aliphatic carbocycles. The van der Waals surface area contributed by atoms with E-state index in [-0.39, 0.29) is 12.0 Å². The van der Waals surface area contributed by atoms with Gasteiger partial charge in [-0.3, -0.25) is 4.79 Å². The maximum atomic E-state index is 10.9. The quantitative estimate of drug-likeness (QED) is 0.836. The number of nitrogens with one attached hydrogen (secondary N) is 1. The zero-order chi connectivity index (χ0) is 12.3. The van der Waals surface area contributed by atoms with E-state index in [1.54, 1.807) is 12.4 Å². The average molecular weight is 235 g/mol. The molecule has 17 heavy (non-hydrogen) atoms. The maximum absolute atomic E-state index is 10.9. The van der Waals surface area contributed by atoms with E-state index in [0.29, 0.717) is 12.4 Å². The van der Waals surface area contributed by atoms with E-state index in [1.165, 1.54) is 0 Å². The highest BCUT2D eigenvalue weighted by molar-refractivity contribution is 5.70. The first-order chi connectivity index (χ1) is 8.15. The monoisotopic (exact) mass is 235 g/mol. The van der Waals surface area contributed by atoms with E-state index in [2.05, 4.69) is 15.3 Å². The normalized spacial score (nSPS) is 24.3. The number of aryl methyl sites for hydroxylation is 1. The molecule has 2 N–H and O–H groups in total. The Hall–Kier alpha value is -1.65. The standard InChI is InChI=1S/C12H17N3O2/c1-8-6-13-12(14-7-8)15-10-4-2-3-9(5-10)11(16)17/h6-7,9-10H,2-5H2,1H3,(H,16,17)(H,13,14,15). The van der Waals surface area contributed by atoms with Crippen molar-refractivity contribution in [2.75, 3.05) is 5.32 Å². The lowest BCUT2D eigenvalue weighted by Gasteiger charge is -2.27. The van der Waals surface area contributed by atoms with Crippen molar-refractivity contribution in [3.63, 3.8) is 0 Å². The van der Waals surface area contributed by atoms with Gasteiger partial charge >= 0.3 is 5.97 Å². The lowest BCUT2D eigenvalue weighted by Crippen LogP contribution is -2.31. The molecule has 1 saturated carbocycles. The first-order valence-corrected chi connectivity index (χ1v) is 5.93. The molecule has 1 heterocycles. The second-order valence-electron chi connectivity index (χ2n) is 4.63. The van der Waals surface area contributed by atoms with Gasteiger partial charge in [0.2, 0.25) is 5.95 Å². The second kappa shape index (κ2) is 5.12. The van der Waals surface area contributed by atoms with E-state index in [9.17, 15) is 4.79 Å². The van der Waals surface area contributed by atoms with Crippen LogP contribution in [0.3, 0.4) is 0 Å². The van der Waals surface area contributed by atoms with Crippen molar-refractivity contribution in [1.82, 2.24) is 9.97 Å². The molecular weight excluding hydrogens is 218 g/mol. The summed E-state index contributed by atoms with van der Waals surface area (Å²) in [5, 5.41) is 12.2. The van der Waals surface area contributed by atoms with Crippen LogP contribution in [-0.2, 0) is 4.79 Å². The molecule has 0 radical (unpaired) electrons. The third-order valence-corrected chi connectivity index (χ3v) is 3.14. The van der Waals surface area contributed by atoms with Gasteiger partial charge in [0.1, 0.15) is 0 Å². The number of carbonyl (C=O) groups is 1. The fourth-order valence-corrected chi connectivity index (χ4v) is 2.19. The summed E-state index contributed by atoms with van der Waals surface area (Å²) in [7, 11) is 0. The number of aliphatic carboxylic acids is 1. The molecule has 0 amide bonds. The predicted octanol–water partition coefficient (Wildman–Crippen LogP) is 1.84. The number of anilines is 1. The summed E-state index contributed by atoms with van der Waals surface area (Å²) in [6.07, 6.45) is 6.88. The molecule has 0 aliphatic heterocycles. The summed E-state index contributed by atoms with van der Waals surface area (Å²) in [4.78, 5) is 19.3. The SMILES string of the molecule is Cc1cnc(NC2CCCC(C(=O)O)C2)nc1. The fourth-order valence-electron chi connectivity index (χ4n) is 2.19. The van der Waals surface area contributed by atoms with Crippen molar-refractivity contribution in [3.8, 4) is 0 Å². The van der Waals surface area contributed by atoms with Gasteiger partial charge in [0.15, 0.2) is 0 Å². The Labute approximate surface area is 100 Å². The van der Waals surface area contributed by atoms with E-state index in [0.717, 1.165) is 24.8 Å². The molecule has 5 heteroatoms. The summed E-state index contributed by atoms with van der Waals surface area (Å²) in [5.41, 5.74) is 1.02. The third-order valence-electron chi connectivity index (χ3n) is 3.14. The molecule has 1 fully saturated rings. The van der Waals surface area contributed by atoms with Gasteiger partial charge in [-0.25, -0.2) is 9.97 Å². The molecule has 0 saturated heterocycles. The van der Waals surface area contributed by atoms with Gasteiger partial charge in [0, 0.05) is 18.4 Å².